The molecule has 0 radical (unpaired) electrons. The molecule has 1 amide bonds. The van der Waals surface area contributed by atoms with Gasteiger partial charge in [-0.2, -0.15) is 10.5 Å². The number of aromatic nitrogens is 4. The summed E-state index contributed by atoms with van der Waals surface area (Å²) in [7, 11) is 0. The largest absolute Gasteiger partial charge is 0.478 e. The highest BCUT2D eigenvalue weighted by Crippen LogP contribution is 2.31. The number of amides is 1. The van der Waals surface area contributed by atoms with Crippen LogP contribution in [0.4, 0.5) is 0 Å². The van der Waals surface area contributed by atoms with E-state index in [4.69, 9.17) is 15.6 Å². The molecular formula is C46H47ClN8O3. The molecule has 2 fully saturated rings. The highest BCUT2D eigenvalue weighted by molar-refractivity contribution is 5.96. The van der Waals surface area contributed by atoms with E-state index in [-0.39, 0.29) is 23.9 Å². The van der Waals surface area contributed by atoms with Gasteiger partial charge in [0, 0.05) is 66.1 Å². The van der Waals surface area contributed by atoms with Crippen molar-refractivity contribution in [1.29, 1.82) is 10.5 Å². The molecule has 0 unspecified atom stereocenters. The minimum Gasteiger partial charge on any atom is -0.478 e. The van der Waals surface area contributed by atoms with Crippen LogP contribution in [0.3, 0.4) is 0 Å². The summed E-state index contributed by atoms with van der Waals surface area (Å²) in [4.78, 5) is 41.1. The van der Waals surface area contributed by atoms with Gasteiger partial charge in [0.15, 0.2) is 0 Å². The van der Waals surface area contributed by atoms with Crippen LogP contribution in [-0.2, 0) is 0 Å². The van der Waals surface area contributed by atoms with E-state index >= 15 is 0 Å². The molecule has 296 valence electrons. The summed E-state index contributed by atoms with van der Waals surface area (Å²) in [6.45, 7) is 15.3. The van der Waals surface area contributed by atoms with E-state index in [0.717, 1.165) is 75.3 Å². The molecule has 4 aromatic carbocycles. The van der Waals surface area contributed by atoms with Crippen LogP contribution in [0.5, 0.6) is 0 Å². The van der Waals surface area contributed by atoms with Crippen LogP contribution >= 0.6 is 12.4 Å². The molecule has 2 aromatic heterocycles. The zero-order valence-electron chi connectivity index (χ0n) is 33.5. The van der Waals surface area contributed by atoms with E-state index in [1.807, 2.05) is 119 Å². The lowest BCUT2D eigenvalue weighted by Gasteiger charge is -2.39. The molecule has 2 aliphatic rings. The number of carboxylic acid groups (broad SMARTS) is 1. The van der Waals surface area contributed by atoms with Gasteiger partial charge in [0.05, 0.1) is 40.2 Å². The number of aromatic amines is 2. The molecule has 4 heterocycles. The summed E-state index contributed by atoms with van der Waals surface area (Å²) in [5.74, 6) is 1.83. The van der Waals surface area contributed by atoms with Crippen molar-refractivity contribution in [1.82, 2.24) is 30.2 Å². The van der Waals surface area contributed by atoms with Gasteiger partial charge in [-0.1, -0.05) is 36.4 Å². The number of hydrogen-bond acceptors (Lipinski definition) is 7. The number of nitrogens with zero attached hydrogens (tertiary/aromatic N) is 5. The lowest BCUT2D eigenvalue weighted by Crippen LogP contribution is -2.48. The molecule has 0 aliphatic carbocycles. The van der Waals surface area contributed by atoms with E-state index in [1.54, 1.807) is 12.1 Å². The maximum absolute atomic E-state index is 12.9. The van der Waals surface area contributed by atoms with Crippen LogP contribution in [-0.4, -0.2) is 68.0 Å². The first kappa shape index (κ1) is 42.6. The van der Waals surface area contributed by atoms with E-state index < -0.39 is 5.97 Å². The lowest BCUT2D eigenvalue weighted by molar-refractivity contribution is 0.0601. The number of rotatable bonds is 6. The van der Waals surface area contributed by atoms with Gasteiger partial charge in [-0.05, 0) is 112 Å². The maximum atomic E-state index is 12.9. The number of benzene rings is 4. The molecule has 0 spiro atoms. The number of aromatic carboxylic acids is 1. The normalized spacial score (nSPS) is 13.2. The van der Waals surface area contributed by atoms with Crippen LogP contribution in [0, 0.1) is 64.2 Å². The Balaban J connectivity index is 0.000000181. The van der Waals surface area contributed by atoms with Gasteiger partial charge < -0.3 is 25.3 Å². The molecule has 4 N–H and O–H groups in total. The Kier molecular flexibility index (Phi) is 13.7. The zero-order valence-corrected chi connectivity index (χ0v) is 34.3. The van der Waals surface area contributed by atoms with Gasteiger partial charge in [0.1, 0.15) is 11.6 Å². The van der Waals surface area contributed by atoms with Crippen molar-refractivity contribution in [3.8, 4) is 34.7 Å². The summed E-state index contributed by atoms with van der Waals surface area (Å²) < 4.78 is 0. The molecule has 11 nitrogen and oxygen atoms in total. The Morgan fingerprint density at radius 1 is 0.655 bits per heavy atom. The Bertz CT molecular complexity index is 2500. The first-order valence-electron chi connectivity index (χ1n) is 18.9. The van der Waals surface area contributed by atoms with Crippen LogP contribution in [0.1, 0.15) is 89.0 Å². The number of aryl methyl sites for hydroxylation is 6. The van der Waals surface area contributed by atoms with E-state index in [1.165, 1.54) is 11.1 Å². The Morgan fingerprint density at radius 3 is 1.47 bits per heavy atom. The molecule has 0 atom stereocenters. The van der Waals surface area contributed by atoms with Gasteiger partial charge in [0.25, 0.3) is 5.91 Å². The van der Waals surface area contributed by atoms with E-state index in [2.05, 4.69) is 37.4 Å². The van der Waals surface area contributed by atoms with Crippen LogP contribution in [0.15, 0.2) is 84.9 Å². The van der Waals surface area contributed by atoms with Gasteiger partial charge in [-0.15, -0.1) is 12.4 Å². The molecule has 8 rings (SSSR count). The third-order valence-electron chi connectivity index (χ3n) is 10.5. The smallest absolute Gasteiger partial charge is 0.335 e. The van der Waals surface area contributed by atoms with Crippen molar-refractivity contribution in [3.63, 3.8) is 0 Å². The highest BCUT2D eigenvalue weighted by atomic mass is 35.5. The van der Waals surface area contributed by atoms with Gasteiger partial charge in [0.2, 0.25) is 0 Å². The fraction of sp³-hybridized carbons (Fsp3) is 0.261. The summed E-state index contributed by atoms with van der Waals surface area (Å²) in [5.41, 5.74) is 12.6. The number of carbonyl (C=O) groups is 2. The Morgan fingerprint density at radius 2 is 1.09 bits per heavy atom. The molecular weight excluding hydrogens is 748 g/mol. The van der Waals surface area contributed by atoms with Crippen molar-refractivity contribution < 1.29 is 14.7 Å². The molecule has 2 aliphatic heterocycles. The Hall–Kier alpha value is -6.53. The van der Waals surface area contributed by atoms with E-state index in [0.29, 0.717) is 36.1 Å². The molecule has 12 heteroatoms. The number of hydrogen-bond donors (Lipinski definition) is 4. The number of nitriles is 2. The third kappa shape index (κ3) is 9.70. The molecule has 6 aromatic rings. The molecule has 0 bridgehead atoms. The number of carbonyl (C=O) groups excluding carboxylic acids is 1. The number of imidazole rings is 2. The summed E-state index contributed by atoms with van der Waals surface area (Å²) in [6, 6.07) is 30.7. The van der Waals surface area contributed by atoms with Crippen molar-refractivity contribution in [2.75, 3.05) is 26.2 Å². The highest BCUT2D eigenvalue weighted by Gasteiger charge is 2.32. The van der Waals surface area contributed by atoms with Crippen molar-refractivity contribution in [2.45, 2.75) is 53.4 Å². The van der Waals surface area contributed by atoms with Crippen molar-refractivity contribution in [3.05, 3.63) is 152 Å². The number of nitrogens with one attached hydrogen (secondary N) is 3. The SMILES string of the molecule is Cc1nc(-c2cc(C(=O)N3CC(c4ccc(C#N)cc4)C3)ccc2C)c(C)[nH]1.Cc1nc(-c2cc(C(=O)O)ccc2C)c(C)[nH]1.Cl.N#Cc1ccc(C2CNC2)cc1. The predicted molar refractivity (Wildman–Crippen MR) is 227 cm³/mol. The average molecular weight is 795 g/mol. The van der Waals surface area contributed by atoms with Crippen LogP contribution in [0.2, 0.25) is 0 Å². The van der Waals surface area contributed by atoms with Crippen molar-refractivity contribution in [2.24, 2.45) is 0 Å². The number of halogens is 1. The lowest BCUT2D eigenvalue weighted by atomic mass is 9.90. The van der Waals surface area contributed by atoms with Crippen LogP contribution in [0.25, 0.3) is 22.5 Å². The number of H-pyrrole nitrogens is 2. The fourth-order valence-corrected chi connectivity index (χ4v) is 6.99. The number of carboxylic acids is 1. The minimum atomic E-state index is -0.920. The van der Waals surface area contributed by atoms with E-state index in [9.17, 15) is 9.59 Å². The first-order chi connectivity index (χ1) is 27.3. The Labute approximate surface area is 345 Å². The maximum Gasteiger partial charge on any atom is 0.335 e. The second kappa shape index (κ2) is 18.6. The predicted octanol–water partition coefficient (Wildman–Crippen LogP) is 8.48. The minimum absolute atomic E-state index is 0. The fourth-order valence-electron chi connectivity index (χ4n) is 6.99. The van der Waals surface area contributed by atoms with Gasteiger partial charge in [-0.25, -0.2) is 14.8 Å². The standard InChI is InChI=1S/C23H22N4O.C13H14N2O2.C10H10N2.ClH/c1-14-4-7-19(10-21(14)22-15(2)25-16(3)26-22)23(28)27-12-20(13-27)18-8-5-17(11-24)6-9-18;1-7-4-5-10(13(16)17)6-11(7)12-8(2)14-9(3)15-12;11-5-8-1-3-9(4-2-8)10-6-12-7-10;/h4-10,20H,12-13H2,1-3H3,(H,25,26);4-6H,1-3H3,(H,14,15)(H,16,17);1-4,10,12H,6-7H2;1H. The second-order valence-electron chi connectivity index (χ2n) is 14.7. The second-order valence-corrected chi connectivity index (χ2v) is 14.7. The quantitative estimate of drug-likeness (QED) is 0.130. The molecule has 0 saturated carbocycles. The monoisotopic (exact) mass is 794 g/mol. The topological polar surface area (TPSA) is 175 Å². The molecule has 2 saturated heterocycles. The summed E-state index contributed by atoms with van der Waals surface area (Å²) in [6.07, 6.45) is 0. The van der Waals surface area contributed by atoms with Gasteiger partial charge >= 0.3 is 5.97 Å². The number of likely N-dealkylation sites (tertiary alicyclic amines) is 1. The van der Waals surface area contributed by atoms with Gasteiger partial charge in [-0.3, -0.25) is 4.79 Å². The summed E-state index contributed by atoms with van der Waals surface area (Å²) >= 11 is 0. The average Bonchev–Trinajstić information content (AvgIpc) is 3.69. The third-order valence-corrected chi connectivity index (χ3v) is 10.5. The van der Waals surface area contributed by atoms with Crippen LogP contribution < -0.4 is 5.32 Å². The first-order valence-corrected chi connectivity index (χ1v) is 18.9. The van der Waals surface area contributed by atoms with Crippen molar-refractivity contribution >= 4 is 24.3 Å². The summed E-state index contributed by atoms with van der Waals surface area (Å²) in [5, 5.41) is 29.7. The molecule has 58 heavy (non-hydrogen) atoms. The zero-order chi connectivity index (χ0) is 40.8.